The van der Waals surface area contributed by atoms with Gasteiger partial charge in [-0.25, -0.2) is 4.79 Å². The van der Waals surface area contributed by atoms with Crippen molar-refractivity contribution >= 4 is 111 Å². The van der Waals surface area contributed by atoms with Crippen LogP contribution in [0.1, 0.15) is 147 Å². The summed E-state index contributed by atoms with van der Waals surface area (Å²) in [6.07, 6.45) is -0.626. The summed E-state index contributed by atoms with van der Waals surface area (Å²) in [5.41, 5.74) is 16.0. The molecule has 736 valence electrons. The molecule has 39 nitrogen and oxygen atoms in total. The van der Waals surface area contributed by atoms with Gasteiger partial charge in [0.1, 0.15) is 102 Å². The van der Waals surface area contributed by atoms with E-state index in [-0.39, 0.29) is 137 Å². The van der Waals surface area contributed by atoms with Crippen LogP contribution in [0.4, 0.5) is 0 Å². The molecule has 25 N–H and O–H groups in total. The Morgan fingerprint density at radius 1 is 0.380 bits per heavy atom. The standard InChI is InChI=1S/C98H127N17O22/c1-52(2)40-72(88(126)109-78(47-61-50-101-69-18-11-9-16-67(61)69)92(130)106-73(41-53(3)4)87(125)107-77(45-59-26-34-65(119)35-27-59)91(129)113-81(98(136)137)46-60-28-36-66(120)37-29-60)105-86(124)71(20-13-14-38-99)103-96(134)84(56(8)116)114-94(132)74(42-54(5)6)111-95(133)82-21-15-39-115(82)97(135)80(49-83(121)122)112-90(128)76(44-58-24-32-64(118)33-25-58)108-93(131)79(48-62-51-102-70-19-12-10-17-68(62)70)110-89(127)75(104-85(123)55(7)100)43-57-22-30-63(117)31-23-57/h9-12,16-19,22-37,50-56,71-82,84,101-102,116-120H,13-15,20-21,38-49,99-100H2,1-8H3,(H,103,134)(H,104,123)(H,105,124)(H,106,130)(H,107,125)(H,108,131)(H,109,126)(H,110,127)(H,111,133)(H,112,128)(H,113,129)(H,114,132)(H,121,122)(H,136,137)/t55-,56+,71-,72-,73-,74-,75-,76-,77-,78-,79-,80-,81-,82-,84-/m0/s1. The maximum Gasteiger partial charge on any atom is 0.326 e. The maximum atomic E-state index is 15.2. The molecule has 0 radical (unpaired) electrons. The number of likely N-dealkylation sites (tertiary alicyclic amines) is 1. The van der Waals surface area contributed by atoms with Crippen molar-refractivity contribution in [3.8, 4) is 23.0 Å². The van der Waals surface area contributed by atoms with Gasteiger partial charge in [-0.15, -0.1) is 0 Å². The van der Waals surface area contributed by atoms with Crippen LogP contribution in [0.15, 0.2) is 158 Å². The van der Waals surface area contributed by atoms with E-state index >= 15 is 24.0 Å². The van der Waals surface area contributed by atoms with E-state index in [0.717, 1.165) is 4.90 Å². The molecule has 1 fully saturated rings. The number of amides is 13. The third kappa shape index (κ3) is 32.1. The Hall–Kier alpha value is -14.5. The number of benzene rings is 6. The van der Waals surface area contributed by atoms with Crippen LogP contribution in [0.2, 0.25) is 0 Å². The molecule has 1 aliphatic heterocycles. The Kier molecular flexibility index (Phi) is 39.3. The summed E-state index contributed by atoms with van der Waals surface area (Å²) in [6, 6.07) is 15.6. The monoisotopic (exact) mass is 1890 g/mol. The Morgan fingerprint density at radius 2 is 0.701 bits per heavy atom. The number of nitrogens with zero attached hydrogens (tertiary/aromatic N) is 1. The summed E-state index contributed by atoms with van der Waals surface area (Å²) in [6.45, 7) is 13.0. The molecule has 9 rings (SSSR count). The van der Waals surface area contributed by atoms with Gasteiger partial charge in [0.2, 0.25) is 76.8 Å². The Labute approximate surface area is 792 Å². The van der Waals surface area contributed by atoms with Crippen LogP contribution in [-0.4, -0.2) is 243 Å². The molecule has 0 spiro atoms. The minimum absolute atomic E-state index is 0.0368. The molecule has 0 unspecified atom stereocenters. The van der Waals surface area contributed by atoms with Crippen LogP contribution in [-0.2, 0) is 110 Å². The fourth-order valence-corrected chi connectivity index (χ4v) is 16.2. The molecular weight excluding hydrogens is 1770 g/mol. The first kappa shape index (κ1) is 106. The topological polar surface area (TPSA) is 629 Å². The number of hydrogen-bond donors (Lipinski definition) is 23. The van der Waals surface area contributed by atoms with Gasteiger partial charge in [-0.3, -0.25) is 67.1 Å². The molecule has 0 saturated carbocycles. The molecule has 39 heteroatoms. The van der Waals surface area contributed by atoms with Gasteiger partial charge >= 0.3 is 11.9 Å². The van der Waals surface area contributed by atoms with E-state index in [9.17, 15) is 83.7 Å². The highest BCUT2D eigenvalue weighted by molar-refractivity contribution is 6.02. The van der Waals surface area contributed by atoms with E-state index in [0.29, 0.717) is 61.6 Å². The molecule has 3 heterocycles. The van der Waals surface area contributed by atoms with Crippen molar-refractivity contribution in [3.05, 3.63) is 191 Å². The van der Waals surface area contributed by atoms with Crippen LogP contribution < -0.4 is 75.3 Å². The summed E-state index contributed by atoms with van der Waals surface area (Å²) in [7, 11) is 0. The van der Waals surface area contributed by atoms with Crippen LogP contribution in [0.3, 0.4) is 0 Å². The lowest BCUT2D eigenvalue weighted by Gasteiger charge is -2.31. The number of aromatic hydroxyl groups is 4. The number of para-hydroxylation sites is 2. The first-order chi connectivity index (χ1) is 65.1. The van der Waals surface area contributed by atoms with Gasteiger partial charge in [0, 0.05) is 79.3 Å². The zero-order valence-electron chi connectivity index (χ0n) is 77.8. The van der Waals surface area contributed by atoms with Crippen LogP contribution in [0.5, 0.6) is 23.0 Å². The number of aromatic amines is 2. The predicted molar refractivity (Wildman–Crippen MR) is 506 cm³/mol. The molecular formula is C98H127N17O22. The molecule has 8 aromatic rings. The van der Waals surface area contributed by atoms with Crippen molar-refractivity contribution < 1.29 is 108 Å². The quantitative estimate of drug-likeness (QED) is 0.0244. The Balaban J connectivity index is 0.909. The van der Waals surface area contributed by atoms with Crippen LogP contribution >= 0.6 is 0 Å². The first-order valence-electron chi connectivity index (χ1n) is 45.9. The van der Waals surface area contributed by atoms with Crippen molar-refractivity contribution in [1.29, 1.82) is 0 Å². The number of carbonyl (C=O) groups excluding carboxylic acids is 13. The SMILES string of the molecule is CC(C)C[C@H](NC(=O)[C@H](Cc1c[nH]c2ccccc12)NC(=O)[C@H](CC(C)C)NC(=O)[C@H](CCCCN)NC(=O)[C@@H](NC(=O)[C@H](CC(C)C)NC(=O)[C@@H]1CCCN1C(=O)[C@H](CC(=O)O)NC(=O)[C@H](Cc1ccc(O)cc1)NC(=O)[C@H](Cc1c[nH]c2ccccc12)NC(=O)[C@H](Cc1ccc(O)cc1)NC(=O)[C@H](C)N)[C@@H](C)O)C(=O)N[C@@H](Cc1ccc(O)cc1)C(=O)N[C@@H](Cc1ccc(O)cc1)C(=O)O. The van der Waals surface area contributed by atoms with Gasteiger partial charge in [-0.2, -0.15) is 0 Å². The molecule has 0 aliphatic carbocycles. The zero-order valence-corrected chi connectivity index (χ0v) is 77.8. The number of carboxylic acids is 2. The number of rotatable bonds is 51. The Bertz CT molecular complexity index is 5510. The lowest BCUT2D eigenvalue weighted by atomic mass is 9.98. The molecule has 2 aromatic heterocycles. The number of H-pyrrole nitrogens is 2. The molecule has 1 saturated heterocycles. The van der Waals surface area contributed by atoms with Crippen molar-refractivity contribution in [2.24, 2.45) is 29.2 Å². The zero-order chi connectivity index (χ0) is 100. The predicted octanol–water partition coefficient (Wildman–Crippen LogP) is 2.59. The second-order valence-electron chi connectivity index (χ2n) is 36.1. The summed E-state index contributed by atoms with van der Waals surface area (Å²) in [5.74, 6) is -16.7. The molecule has 137 heavy (non-hydrogen) atoms. The number of phenolic OH excluding ortho intramolecular Hbond substituents is 4. The average Bonchev–Trinajstić information content (AvgIpc) is 1.70. The number of nitrogens with one attached hydrogen (secondary N) is 14. The number of aliphatic carboxylic acids is 2. The normalized spacial score (nSPS) is 15.6. The maximum absolute atomic E-state index is 15.2. The molecule has 15 atom stereocenters. The third-order valence-corrected chi connectivity index (χ3v) is 23.4. The number of nitrogens with two attached hydrogens (primary N) is 2. The van der Waals surface area contributed by atoms with Crippen molar-refractivity contribution in [1.82, 2.24) is 78.7 Å². The molecule has 0 bridgehead atoms. The van der Waals surface area contributed by atoms with E-state index in [4.69, 9.17) is 11.5 Å². The van der Waals surface area contributed by atoms with Gasteiger partial charge in [0.25, 0.3) is 0 Å². The number of unbranched alkanes of at least 4 members (excludes halogenated alkanes) is 1. The molecule has 6 aromatic carbocycles. The minimum Gasteiger partial charge on any atom is -0.508 e. The number of phenols is 4. The van der Waals surface area contributed by atoms with E-state index in [2.05, 4.69) is 73.8 Å². The lowest BCUT2D eigenvalue weighted by Crippen LogP contribution is -2.62. The van der Waals surface area contributed by atoms with Crippen LogP contribution in [0.25, 0.3) is 21.8 Å². The summed E-state index contributed by atoms with van der Waals surface area (Å²) in [5, 5.41) is 106. The number of aromatic nitrogens is 2. The number of fused-ring (bicyclic) bond motifs is 2. The highest BCUT2D eigenvalue weighted by Gasteiger charge is 2.43. The van der Waals surface area contributed by atoms with E-state index in [1.165, 1.54) is 111 Å². The number of carbonyl (C=O) groups is 15. The summed E-state index contributed by atoms with van der Waals surface area (Å²) in [4.78, 5) is 225. The third-order valence-electron chi connectivity index (χ3n) is 23.4. The summed E-state index contributed by atoms with van der Waals surface area (Å²) >= 11 is 0. The second kappa shape index (κ2) is 50.7. The average molecular weight is 1900 g/mol. The first-order valence-corrected chi connectivity index (χ1v) is 45.9. The van der Waals surface area contributed by atoms with Crippen molar-refractivity contribution in [2.45, 2.75) is 242 Å². The van der Waals surface area contributed by atoms with E-state index in [1.807, 2.05) is 0 Å². The smallest absolute Gasteiger partial charge is 0.326 e. The minimum atomic E-state index is -1.94. The second-order valence-corrected chi connectivity index (χ2v) is 36.1. The van der Waals surface area contributed by atoms with Gasteiger partial charge in [0.05, 0.1) is 18.6 Å². The Morgan fingerprint density at radius 3 is 1.07 bits per heavy atom. The van der Waals surface area contributed by atoms with E-state index in [1.54, 1.807) is 102 Å². The van der Waals surface area contributed by atoms with Crippen molar-refractivity contribution in [2.75, 3.05) is 13.1 Å². The highest BCUT2D eigenvalue weighted by Crippen LogP contribution is 2.27. The fourth-order valence-electron chi connectivity index (χ4n) is 16.2. The van der Waals surface area contributed by atoms with Gasteiger partial charge < -0.3 is 126 Å². The van der Waals surface area contributed by atoms with Gasteiger partial charge in [0.15, 0.2) is 0 Å². The number of hydrogen-bond acceptors (Lipinski definition) is 22. The molecule has 1 aliphatic rings. The number of aliphatic hydroxyl groups is 1. The number of carboxylic acid groups (broad SMARTS) is 2. The lowest BCUT2D eigenvalue weighted by molar-refractivity contribution is -0.146. The van der Waals surface area contributed by atoms with Crippen LogP contribution in [0, 0.1) is 17.8 Å². The highest BCUT2D eigenvalue weighted by atomic mass is 16.4. The fraction of sp³-hybridized carbons (Fsp3) is 0.439. The summed E-state index contributed by atoms with van der Waals surface area (Å²) < 4.78 is 0. The van der Waals surface area contributed by atoms with E-state index < -0.39 is 186 Å². The number of aliphatic hydroxyl groups excluding tert-OH is 1. The molecule has 13 amide bonds. The van der Waals surface area contributed by atoms with Crippen molar-refractivity contribution in [3.63, 3.8) is 0 Å². The van der Waals surface area contributed by atoms with Gasteiger partial charge in [-0.1, -0.05) is 126 Å². The van der Waals surface area contributed by atoms with Gasteiger partial charge in [-0.05, 0) is 184 Å². The largest absolute Gasteiger partial charge is 0.508 e.